The molecule has 106 valence electrons. The predicted molar refractivity (Wildman–Crippen MR) is 78.4 cm³/mol. The first-order chi connectivity index (χ1) is 9.16. The van der Waals surface area contributed by atoms with Crippen molar-refractivity contribution in [3.8, 4) is 0 Å². The van der Waals surface area contributed by atoms with Crippen molar-refractivity contribution in [1.29, 1.82) is 0 Å². The van der Waals surface area contributed by atoms with E-state index in [2.05, 4.69) is 5.32 Å². The third-order valence-corrected chi connectivity index (χ3v) is 4.82. The summed E-state index contributed by atoms with van der Waals surface area (Å²) in [6, 6.07) is 7.79. The minimum atomic E-state index is -0.912. The largest absolute Gasteiger partial charge is 0.392 e. The van der Waals surface area contributed by atoms with Crippen LogP contribution >= 0.6 is 0 Å². The van der Waals surface area contributed by atoms with Gasteiger partial charge in [-0.3, -0.25) is 4.21 Å². The average Bonchev–Trinajstić information content (AvgIpc) is 2.93. The fraction of sp³-hybridized carbons (Fsp3) is 0.600. The fourth-order valence-corrected chi connectivity index (χ4v) is 3.19. The van der Waals surface area contributed by atoms with Crippen molar-refractivity contribution in [2.45, 2.75) is 43.2 Å². The van der Waals surface area contributed by atoms with E-state index < -0.39 is 10.8 Å². The van der Waals surface area contributed by atoms with E-state index in [1.54, 1.807) is 6.26 Å². The molecule has 0 aliphatic heterocycles. The van der Waals surface area contributed by atoms with Gasteiger partial charge in [0.1, 0.15) is 0 Å². The molecule has 1 aromatic carbocycles. The molecular weight excluding hydrogens is 258 g/mol. The zero-order chi connectivity index (χ0) is 13.7. The molecule has 0 radical (unpaired) electrons. The molecule has 0 amide bonds. The summed E-state index contributed by atoms with van der Waals surface area (Å²) in [6.45, 7) is 1.41. The molecule has 0 bridgehead atoms. The Bertz CT molecular complexity index is 413. The van der Waals surface area contributed by atoms with Gasteiger partial charge in [0, 0.05) is 35.0 Å². The molecule has 2 rings (SSSR count). The lowest BCUT2D eigenvalue weighted by atomic mass is 10.0. The molecule has 1 aliphatic rings. The van der Waals surface area contributed by atoms with E-state index in [-0.39, 0.29) is 6.10 Å². The quantitative estimate of drug-likeness (QED) is 0.839. The number of rotatable bonds is 6. The van der Waals surface area contributed by atoms with E-state index in [1.807, 2.05) is 24.3 Å². The summed E-state index contributed by atoms with van der Waals surface area (Å²) in [5.41, 5.74) is 1.16. The van der Waals surface area contributed by atoms with Gasteiger partial charge in [0.25, 0.3) is 0 Å². The van der Waals surface area contributed by atoms with E-state index in [0.29, 0.717) is 12.5 Å². The molecule has 0 aromatic heterocycles. The number of hydrogen-bond acceptors (Lipinski definition) is 3. The van der Waals surface area contributed by atoms with Crippen LogP contribution in [0.15, 0.2) is 29.2 Å². The van der Waals surface area contributed by atoms with Crippen LogP contribution in [0.4, 0.5) is 0 Å². The molecule has 1 aliphatic carbocycles. The molecule has 4 heteroatoms. The summed E-state index contributed by atoms with van der Waals surface area (Å²) in [5.74, 6) is 0.484. The standard InChI is InChI=1S/C15H23NO2S/c1-19(18)14-8-6-12(7-9-14)10-16-11-15(17)13-4-2-3-5-13/h6-9,13,15-17H,2-5,10-11H2,1H3. The summed E-state index contributed by atoms with van der Waals surface area (Å²) < 4.78 is 11.3. The molecule has 0 saturated heterocycles. The van der Waals surface area contributed by atoms with E-state index >= 15 is 0 Å². The van der Waals surface area contributed by atoms with Crippen LogP contribution in [0.2, 0.25) is 0 Å². The lowest BCUT2D eigenvalue weighted by Crippen LogP contribution is -2.31. The Morgan fingerprint density at radius 2 is 1.95 bits per heavy atom. The second kappa shape index (κ2) is 7.17. The Kier molecular flexibility index (Phi) is 5.55. The number of benzene rings is 1. The number of nitrogens with one attached hydrogen (secondary N) is 1. The van der Waals surface area contributed by atoms with Gasteiger partial charge in [-0.15, -0.1) is 0 Å². The lowest BCUT2D eigenvalue weighted by molar-refractivity contribution is 0.109. The van der Waals surface area contributed by atoms with Crippen LogP contribution in [0.25, 0.3) is 0 Å². The summed E-state index contributed by atoms with van der Waals surface area (Å²) in [5, 5.41) is 13.3. The average molecular weight is 281 g/mol. The van der Waals surface area contributed by atoms with Crippen LogP contribution in [0.3, 0.4) is 0 Å². The first kappa shape index (κ1) is 14.7. The van der Waals surface area contributed by atoms with Gasteiger partial charge >= 0.3 is 0 Å². The van der Waals surface area contributed by atoms with E-state index in [4.69, 9.17) is 0 Å². The van der Waals surface area contributed by atoms with E-state index in [1.165, 1.54) is 25.7 Å². The van der Waals surface area contributed by atoms with E-state index in [9.17, 15) is 9.32 Å². The van der Waals surface area contributed by atoms with Crippen LogP contribution < -0.4 is 5.32 Å². The summed E-state index contributed by atoms with van der Waals surface area (Å²) in [6.07, 6.45) is 6.32. The van der Waals surface area contributed by atoms with Crippen molar-refractivity contribution in [2.24, 2.45) is 5.92 Å². The highest BCUT2D eigenvalue weighted by Crippen LogP contribution is 2.27. The molecule has 3 nitrogen and oxygen atoms in total. The van der Waals surface area contributed by atoms with Gasteiger partial charge in [-0.05, 0) is 36.5 Å². The Hall–Kier alpha value is -0.710. The molecule has 1 fully saturated rings. The van der Waals surface area contributed by atoms with Gasteiger partial charge < -0.3 is 10.4 Å². The van der Waals surface area contributed by atoms with Crippen LogP contribution in [0.1, 0.15) is 31.2 Å². The summed E-state index contributed by atoms with van der Waals surface area (Å²) >= 11 is 0. The lowest BCUT2D eigenvalue weighted by Gasteiger charge is -2.18. The second-order valence-electron chi connectivity index (χ2n) is 5.34. The summed E-state index contributed by atoms with van der Waals surface area (Å²) in [7, 11) is -0.912. The van der Waals surface area contributed by atoms with Crippen molar-refractivity contribution in [1.82, 2.24) is 5.32 Å². The Morgan fingerprint density at radius 3 is 2.53 bits per heavy atom. The maximum Gasteiger partial charge on any atom is 0.0692 e. The first-order valence-electron chi connectivity index (χ1n) is 6.98. The third kappa shape index (κ3) is 4.41. The molecule has 19 heavy (non-hydrogen) atoms. The predicted octanol–water partition coefficient (Wildman–Crippen LogP) is 2.06. The first-order valence-corrected chi connectivity index (χ1v) is 8.54. The molecule has 0 spiro atoms. The molecule has 2 unspecified atom stereocenters. The monoisotopic (exact) mass is 281 g/mol. The molecule has 2 atom stereocenters. The zero-order valence-electron chi connectivity index (χ0n) is 11.5. The molecule has 0 heterocycles. The van der Waals surface area contributed by atoms with Gasteiger partial charge in [-0.1, -0.05) is 25.0 Å². The Balaban J connectivity index is 1.74. The Labute approximate surface area is 117 Å². The summed E-state index contributed by atoms with van der Waals surface area (Å²) in [4.78, 5) is 0.856. The smallest absolute Gasteiger partial charge is 0.0692 e. The van der Waals surface area contributed by atoms with Gasteiger partial charge in [-0.2, -0.15) is 0 Å². The van der Waals surface area contributed by atoms with Crippen molar-refractivity contribution in [3.05, 3.63) is 29.8 Å². The van der Waals surface area contributed by atoms with Crippen molar-refractivity contribution in [2.75, 3.05) is 12.8 Å². The number of aliphatic hydroxyl groups excluding tert-OH is 1. The fourth-order valence-electron chi connectivity index (χ4n) is 2.67. The van der Waals surface area contributed by atoms with Crippen LogP contribution in [-0.2, 0) is 17.3 Å². The zero-order valence-corrected chi connectivity index (χ0v) is 12.3. The highest BCUT2D eigenvalue weighted by atomic mass is 32.2. The van der Waals surface area contributed by atoms with Gasteiger partial charge in [0.15, 0.2) is 0 Å². The molecule has 1 saturated carbocycles. The van der Waals surface area contributed by atoms with Crippen LogP contribution in [-0.4, -0.2) is 28.2 Å². The van der Waals surface area contributed by atoms with Crippen molar-refractivity contribution >= 4 is 10.8 Å². The maximum atomic E-state index is 11.3. The molecule has 1 aromatic rings. The number of hydrogen-bond donors (Lipinski definition) is 2. The maximum absolute atomic E-state index is 11.3. The number of aliphatic hydroxyl groups is 1. The normalized spacial score (nSPS) is 19.5. The molecular formula is C15H23NO2S. The van der Waals surface area contributed by atoms with Crippen molar-refractivity contribution < 1.29 is 9.32 Å². The van der Waals surface area contributed by atoms with E-state index in [0.717, 1.165) is 17.0 Å². The highest BCUT2D eigenvalue weighted by Gasteiger charge is 2.22. The van der Waals surface area contributed by atoms with Gasteiger partial charge in [0.2, 0.25) is 0 Å². The van der Waals surface area contributed by atoms with Gasteiger partial charge in [-0.25, -0.2) is 0 Å². The third-order valence-electron chi connectivity index (χ3n) is 3.88. The molecule has 2 N–H and O–H groups in total. The van der Waals surface area contributed by atoms with Gasteiger partial charge in [0.05, 0.1) is 6.10 Å². The SMILES string of the molecule is CS(=O)c1ccc(CNCC(O)C2CCCC2)cc1. The Morgan fingerprint density at radius 1 is 1.32 bits per heavy atom. The van der Waals surface area contributed by atoms with Crippen LogP contribution in [0.5, 0.6) is 0 Å². The topological polar surface area (TPSA) is 49.3 Å². The van der Waals surface area contributed by atoms with Crippen LogP contribution in [0, 0.1) is 5.92 Å². The highest BCUT2D eigenvalue weighted by molar-refractivity contribution is 7.84. The second-order valence-corrected chi connectivity index (χ2v) is 6.72. The minimum absolute atomic E-state index is 0.218. The van der Waals surface area contributed by atoms with Crippen molar-refractivity contribution in [3.63, 3.8) is 0 Å². The minimum Gasteiger partial charge on any atom is -0.392 e.